The summed E-state index contributed by atoms with van der Waals surface area (Å²) in [5.74, 6) is -0.530. The number of nitroso groups, excluding NO2 is 1. The maximum atomic E-state index is 13.5. The van der Waals surface area contributed by atoms with Gasteiger partial charge in [-0.15, -0.1) is 4.91 Å². The highest BCUT2D eigenvalue weighted by atomic mass is 32.2. The van der Waals surface area contributed by atoms with Gasteiger partial charge in [-0.2, -0.15) is 0 Å². The van der Waals surface area contributed by atoms with Crippen LogP contribution in [0.2, 0.25) is 0 Å². The number of nitrogens with one attached hydrogen (secondary N) is 1. The van der Waals surface area contributed by atoms with Crippen LogP contribution in [0, 0.1) is 4.91 Å². The van der Waals surface area contributed by atoms with E-state index in [1.807, 2.05) is 0 Å². The highest BCUT2D eigenvalue weighted by Gasteiger charge is 2.28. The third-order valence-electron chi connectivity index (χ3n) is 4.79. The Hall–Kier alpha value is -4.25. The number of hydrogen-bond donors (Lipinski definition) is 2. The lowest BCUT2D eigenvalue weighted by Gasteiger charge is -2.13. The summed E-state index contributed by atoms with van der Waals surface area (Å²) in [6, 6.07) is 13.3. The fourth-order valence-electron chi connectivity index (χ4n) is 3.32. The maximum Gasteiger partial charge on any atom is 0.268 e. The summed E-state index contributed by atoms with van der Waals surface area (Å²) in [4.78, 5) is 27.7. The molecule has 4 aromatic rings. The molecular formula is C21H17N5O5S. The molecule has 0 saturated heterocycles. The molecule has 2 aromatic carbocycles. The fourth-order valence-corrected chi connectivity index (χ4v) is 4.85. The highest BCUT2D eigenvalue weighted by molar-refractivity contribution is 7.90. The van der Waals surface area contributed by atoms with Crippen LogP contribution in [0.25, 0.3) is 10.9 Å². The zero-order valence-corrected chi connectivity index (χ0v) is 17.5. The predicted molar refractivity (Wildman–Crippen MR) is 119 cm³/mol. The minimum atomic E-state index is -4.32. The normalized spacial score (nSPS) is 11.3. The van der Waals surface area contributed by atoms with E-state index in [9.17, 15) is 18.1 Å². The second-order valence-corrected chi connectivity index (χ2v) is 8.48. The number of ether oxygens (including phenoxy) is 1. The minimum absolute atomic E-state index is 0.0708. The summed E-state index contributed by atoms with van der Waals surface area (Å²) in [5, 5.41) is 6.34. The number of carbonyl (C=O) groups is 1. The number of anilines is 2. The van der Waals surface area contributed by atoms with E-state index in [1.165, 1.54) is 43.5 Å². The molecule has 162 valence electrons. The number of nitrogens with two attached hydrogens (primary N) is 1. The van der Waals surface area contributed by atoms with Gasteiger partial charge in [-0.25, -0.2) is 12.4 Å². The lowest BCUT2D eigenvalue weighted by Crippen LogP contribution is -2.22. The van der Waals surface area contributed by atoms with Gasteiger partial charge in [0.1, 0.15) is 17.1 Å². The Kier molecular flexibility index (Phi) is 5.33. The number of nitrogens with zero attached hydrogens (tertiary/aromatic N) is 3. The Morgan fingerprint density at radius 1 is 1.16 bits per heavy atom. The van der Waals surface area contributed by atoms with Crippen LogP contribution in [-0.4, -0.2) is 30.4 Å². The summed E-state index contributed by atoms with van der Waals surface area (Å²) in [5.41, 5.74) is 6.01. The molecule has 0 aliphatic rings. The largest absolute Gasteiger partial charge is 0.497 e. The smallest absolute Gasteiger partial charge is 0.268 e. The minimum Gasteiger partial charge on any atom is -0.497 e. The van der Waals surface area contributed by atoms with Gasteiger partial charge in [0.2, 0.25) is 0 Å². The van der Waals surface area contributed by atoms with Crippen molar-refractivity contribution in [2.24, 2.45) is 10.9 Å². The molecule has 0 aliphatic carbocycles. The molecule has 0 radical (unpaired) electrons. The van der Waals surface area contributed by atoms with Gasteiger partial charge in [-0.05, 0) is 59.8 Å². The summed E-state index contributed by atoms with van der Waals surface area (Å²) in [6.07, 6.45) is 3.17. The Morgan fingerprint density at radius 3 is 2.50 bits per heavy atom. The molecule has 2 aromatic heterocycles. The molecule has 3 N–H and O–H groups in total. The van der Waals surface area contributed by atoms with Crippen molar-refractivity contribution in [1.82, 2.24) is 8.96 Å². The van der Waals surface area contributed by atoms with E-state index >= 15 is 0 Å². The van der Waals surface area contributed by atoms with E-state index in [0.717, 1.165) is 3.97 Å². The molecule has 0 spiro atoms. The van der Waals surface area contributed by atoms with Crippen LogP contribution in [0.5, 0.6) is 5.75 Å². The number of carbonyl (C=O) groups excluding carboxylic acids is 1. The molecule has 0 saturated carbocycles. The molecular weight excluding hydrogens is 434 g/mol. The van der Waals surface area contributed by atoms with E-state index in [0.29, 0.717) is 17.1 Å². The van der Waals surface area contributed by atoms with Crippen LogP contribution in [0.1, 0.15) is 10.5 Å². The zero-order chi connectivity index (χ0) is 22.9. The van der Waals surface area contributed by atoms with Crippen molar-refractivity contribution >= 4 is 43.9 Å². The first kappa shape index (κ1) is 21.0. The maximum absolute atomic E-state index is 13.5. The summed E-state index contributed by atoms with van der Waals surface area (Å²) in [7, 11) is -2.87. The number of methoxy groups -OCH3 is 1. The molecule has 11 heteroatoms. The third kappa shape index (κ3) is 3.54. The monoisotopic (exact) mass is 451 g/mol. The lowest BCUT2D eigenvalue weighted by atomic mass is 10.2. The van der Waals surface area contributed by atoms with Crippen LogP contribution in [-0.2, 0) is 10.0 Å². The van der Waals surface area contributed by atoms with Crippen LogP contribution < -0.4 is 15.8 Å². The van der Waals surface area contributed by atoms with Crippen LogP contribution in [0.3, 0.4) is 0 Å². The SMILES string of the molecule is COc1ccc(S(=O)(=O)n2c(C(N)=O)cc3c(Nc4cccnc4)ccc(N=O)c32)cc1. The number of fused-ring (bicyclic) bond motifs is 1. The highest BCUT2D eigenvalue weighted by Crippen LogP contribution is 2.38. The molecule has 0 aliphatic heterocycles. The number of hydrogen-bond acceptors (Lipinski definition) is 8. The van der Waals surface area contributed by atoms with Gasteiger partial charge >= 0.3 is 0 Å². The average molecular weight is 451 g/mol. The molecule has 2 heterocycles. The van der Waals surface area contributed by atoms with E-state index in [2.05, 4.69) is 15.5 Å². The van der Waals surface area contributed by atoms with E-state index in [1.54, 1.807) is 30.6 Å². The van der Waals surface area contributed by atoms with Gasteiger partial charge in [0.25, 0.3) is 15.9 Å². The van der Waals surface area contributed by atoms with E-state index < -0.39 is 15.9 Å². The van der Waals surface area contributed by atoms with Gasteiger partial charge in [-0.3, -0.25) is 9.78 Å². The number of primary amides is 1. The van der Waals surface area contributed by atoms with E-state index in [-0.39, 0.29) is 27.2 Å². The van der Waals surface area contributed by atoms with Crippen molar-refractivity contribution < 1.29 is 17.9 Å². The summed E-state index contributed by atoms with van der Waals surface area (Å²) in [6.45, 7) is 0. The molecule has 1 amide bonds. The first-order valence-electron chi connectivity index (χ1n) is 9.25. The second kappa shape index (κ2) is 8.12. The van der Waals surface area contributed by atoms with Crippen molar-refractivity contribution in [2.45, 2.75) is 4.90 Å². The number of benzene rings is 2. The second-order valence-electron chi connectivity index (χ2n) is 6.69. The van der Waals surface area contributed by atoms with Gasteiger partial charge < -0.3 is 15.8 Å². The van der Waals surface area contributed by atoms with Crippen LogP contribution >= 0.6 is 0 Å². The Balaban J connectivity index is 2.00. The van der Waals surface area contributed by atoms with Gasteiger partial charge in [0, 0.05) is 17.3 Å². The summed E-state index contributed by atoms with van der Waals surface area (Å²) < 4.78 is 32.8. The Labute approximate surface area is 182 Å². The Morgan fingerprint density at radius 2 is 1.91 bits per heavy atom. The standard InChI is InChI=1S/C21H17N5O5S/c1-31-14-4-6-15(7-5-14)32(29,30)26-19(21(22)27)11-16-17(8-9-18(25-28)20(16)26)24-13-3-2-10-23-12-13/h2-12,24H,1H3,(H2,22,27). The number of pyridine rings is 1. The molecule has 32 heavy (non-hydrogen) atoms. The topological polar surface area (TPSA) is 146 Å². The first-order valence-corrected chi connectivity index (χ1v) is 10.7. The molecule has 0 atom stereocenters. The van der Waals surface area contributed by atoms with Crippen LogP contribution in [0.15, 0.2) is 77.1 Å². The van der Waals surface area contributed by atoms with Crippen molar-refractivity contribution in [1.29, 1.82) is 0 Å². The van der Waals surface area contributed by atoms with Crippen molar-refractivity contribution in [2.75, 3.05) is 12.4 Å². The van der Waals surface area contributed by atoms with Crippen molar-refractivity contribution in [3.63, 3.8) is 0 Å². The summed E-state index contributed by atoms with van der Waals surface area (Å²) >= 11 is 0. The molecule has 4 rings (SSSR count). The van der Waals surface area contributed by atoms with E-state index in [4.69, 9.17) is 10.5 Å². The van der Waals surface area contributed by atoms with Gasteiger partial charge in [0.15, 0.2) is 0 Å². The number of aromatic nitrogens is 2. The molecule has 0 bridgehead atoms. The average Bonchev–Trinajstić information content (AvgIpc) is 3.23. The zero-order valence-electron chi connectivity index (χ0n) is 16.7. The first-order chi connectivity index (χ1) is 15.4. The van der Waals surface area contributed by atoms with Crippen molar-refractivity contribution in [3.05, 3.63) is 77.6 Å². The van der Waals surface area contributed by atoms with Gasteiger partial charge in [0.05, 0.1) is 29.4 Å². The predicted octanol–water partition coefficient (Wildman–Crippen LogP) is 3.52. The molecule has 0 unspecified atom stereocenters. The number of amides is 1. The molecule has 0 fully saturated rings. The third-order valence-corrected chi connectivity index (χ3v) is 6.52. The Bertz CT molecular complexity index is 1430. The fraction of sp³-hybridized carbons (Fsp3) is 0.0476. The number of rotatable bonds is 7. The van der Waals surface area contributed by atoms with Crippen molar-refractivity contribution in [3.8, 4) is 5.75 Å². The lowest BCUT2D eigenvalue weighted by molar-refractivity contribution is 0.0995. The quantitative estimate of drug-likeness (QED) is 0.409. The van der Waals surface area contributed by atoms with Crippen LogP contribution in [0.4, 0.5) is 17.1 Å². The van der Waals surface area contributed by atoms with Gasteiger partial charge in [-0.1, -0.05) is 0 Å². The molecule has 10 nitrogen and oxygen atoms in total.